The Bertz CT molecular complexity index is 892. The third kappa shape index (κ3) is 3.71. The zero-order chi connectivity index (χ0) is 17.9. The molecule has 1 aliphatic heterocycles. The number of aryl methyl sites for hydroxylation is 1. The van der Waals surface area contributed by atoms with E-state index in [1.165, 1.54) is 16.7 Å². The second-order valence-electron chi connectivity index (χ2n) is 7.18. The molecule has 4 heteroatoms. The van der Waals surface area contributed by atoms with Crippen molar-refractivity contribution in [2.24, 2.45) is 0 Å². The third-order valence-electron chi connectivity index (χ3n) is 5.13. The number of benzene rings is 2. The van der Waals surface area contributed by atoms with Gasteiger partial charge in [0, 0.05) is 43.4 Å². The molecule has 1 fully saturated rings. The number of hydrogen-bond acceptors (Lipinski definition) is 4. The number of rotatable bonds is 5. The molecule has 0 saturated carbocycles. The zero-order valence-electron chi connectivity index (χ0n) is 15.2. The van der Waals surface area contributed by atoms with Crippen molar-refractivity contribution in [3.05, 3.63) is 71.4 Å². The summed E-state index contributed by atoms with van der Waals surface area (Å²) in [4.78, 5) is 6.81. The number of aliphatic hydroxyl groups excluding tert-OH is 1. The first-order valence-corrected chi connectivity index (χ1v) is 9.25. The van der Waals surface area contributed by atoms with E-state index in [9.17, 15) is 5.11 Å². The summed E-state index contributed by atoms with van der Waals surface area (Å²) in [6.07, 6.45) is 2.60. The number of nitrogens with one attached hydrogen (secondary N) is 1. The Hall–Kier alpha value is -2.43. The molecule has 1 unspecified atom stereocenters. The topological polar surface area (TPSA) is 48.4 Å². The fraction of sp³-hybridized carbons (Fsp3) is 0.318. The van der Waals surface area contributed by atoms with E-state index in [-0.39, 0.29) is 6.10 Å². The average Bonchev–Trinajstić information content (AvgIpc) is 3.06. The van der Waals surface area contributed by atoms with Crippen LogP contribution in [-0.4, -0.2) is 34.2 Å². The van der Waals surface area contributed by atoms with E-state index in [0.29, 0.717) is 0 Å². The summed E-state index contributed by atoms with van der Waals surface area (Å²) < 4.78 is 0. The number of para-hydroxylation sites is 1. The van der Waals surface area contributed by atoms with E-state index in [0.717, 1.165) is 49.2 Å². The Morgan fingerprint density at radius 3 is 2.69 bits per heavy atom. The standard InChI is InChI=1S/C22H25N3O/c1-16-3-2-4-20-21(9-11-23-22(16)20)24-13-17-5-7-18(8-6-17)14-25-12-10-19(26)15-25/h2-9,11,19,26H,10,12-15H2,1H3,(H,23,24). The average molecular weight is 347 g/mol. The van der Waals surface area contributed by atoms with Crippen LogP contribution in [0.4, 0.5) is 5.69 Å². The number of likely N-dealkylation sites (tertiary alicyclic amines) is 1. The maximum Gasteiger partial charge on any atom is 0.0751 e. The van der Waals surface area contributed by atoms with Crippen LogP contribution in [0.25, 0.3) is 10.9 Å². The molecular weight excluding hydrogens is 322 g/mol. The number of pyridine rings is 1. The molecule has 26 heavy (non-hydrogen) atoms. The van der Waals surface area contributed by atoms with E-state index < -0.39 is 0 Å². The van der Waals surface area contributed by atoms with Gasteiger partial charge in [0.2, 0.25) is 0 Å². The Labute approximate surface area is 154 Å². The summed E-state index contributed by atoms with van der Waals surface area (Å²) >= 11 is 0. The smallest absolute Gasteiger partial charge is 0.0751 e. The Morgan fingerprint density at radius 1 is 1.12 bits per heavy atom. The molecule has 4 nitrogen and oxygen atoms in total. The molecule has 0 radical (unpaired) electrons. The van der Waals surface area contributed by atoms with Gasteiger partial charge in [-0.05, 0) is 36.1 Å². The van der Waals surface area contributed by atoms with Gasteiger partial charge in [-0.15, -0.1) is 0 Å². The second kappa shape index (κ2) is 7.44. The van der Waals surface area contributed by atoms with Gasteiger partial charge in [0.05, 0.1) is 11.6 Å². The third-order valence-corrected chi connectivity index (χ3v) is 5.13. The minimum absolute atomic E-state index is 0.155. The van der Waals surface area contributed by atoms with Crippen LogP contribution in [0.2, 0.25) is 0 Å². The van der Waals surface area contributed by atoms with Crippen molar-refractivity contribution in [3.63, 3.8) is 0 Å². The molecule has 0 amide bonds. The van der Waals surface area contributed by atoms with Gasteiger partial charge in [-0.1, -0.05) is 42.5 Å². The molecule has 1 atom stereocenters. The highest BCUT2D eigenvalue weighted by atomic mass is 16.3. The van der Waals surface area contributed by atoms with Crippen molar-refractivity contribution >= 4 is 16.6 Å². The number of hydrogen-bond donors (Lipinski definition) is 2. The van der Waals surface area contributed by atoms with E-state index in [4.69, 9.17) is 0 Å². The highest BCUT2D eigenvalue weighted by Crippen LogP contribution is 2.24. The van der Waals surface area contributed by atoms with Crippen LogP contribution in [-0.2, 0) is 13.1 Å². The molecule has 3 aromatic rings. The molecular formula is C22H25N3O. The molecule has 2 N–H and O–H groups in total. The van der Waals surface area contributed by atoms with Gasteiger partial charge in [-0.3, -0.25) is 9.88 Å². The first-order chi connectivity index (χ1) is 12.7. The van der Waals surface area contributed by atoms with E-state index >= 15 is 0 Å². The van der Waals surface area contributed by atoms with Gasteiger partial charge >= 0.3 is 0 Å². The minimum Gasteiger partial charge on any atom is -0.392 e. The number of fused-ring (bicyclic) bond motifs is 1. The summed E-state index contributed by atoms with van der Waals surface area (Å²) in [6.45, 7) is 5.57. The first-order valence-electron chi connectivity index (χ1n) is 9.25. The molecule has 2 aromatic carbocycles. The Balaban J connectivity index is 1.41. The van der Waals surface area contributed by atoms with Crippen LogP contribution in [0.15, 0.2) is 54.7 Å². The number of β-amino-alcohol motifs (C(OH)–C–C–N with tert-alkyl or cyclic N) is 1. The van der Waals surface area contributed by atoms with E-state index in [1.807, 2.05) is 12.3 Å². The number of nitrogens with zero attached hydrogens (tertiary/aromatic N) is 2. The van der Waals surface area contributed by atoms with Crippen LogP contribution >= 0.6 is 0 Å². The predicted octanol–water partition coefficient (Wildman–Crippen LogP) is 3.72. The van der Waals surface area contributed by atoms with E-state index in [1.54, 1.807) is 0 Å². The maximum absolute atomic E-state index is 9.64. The summed E-state index contributed by atoms with van der Waals surface area (Å²) in [5, 5.41) is 14.3. The largest absolute Gasteiger partial charge is 0.392 e. The van der Waals surface area contributed by atoms with Crippen molar-refractivity contribution in [3.8, 4) is 0 Å². The molecule has 0 aliphatic carbocycles. The van der Waals surface area contributed by atoms with Crippen molar-refractivity contribution in [1.29, 1.82) is 0 Å². The van der Waals surface area contributed by atoms with Crippen molar-refractivity contribution in [2.45, 2.75) is 32.5 Å². The minimum atomic E-state index is -0.155. The molecule has 4 rings (SSSR count). The Morgan fingerprint density at radius 2 is 1.92 bits per heavy atom. The van der Waals surface area contributed by atoms with Crippen LogP contribution in [0.3, 0.4) is 0 Å². The summed E-state index contributed by atoms with van der Waals surface area (Å²) in [6, 6.07) is 17.1. The zero-order valence-corrected chi connectivity index (χ0v) is 15.2. The van der Waals surface area contributed by atoms with Crippen molar-refractivity contribution < 1.29 is 5.11 Å². The normalized spacial score (nSPS) is 17.7. The fourth-order valence-electron chi connectivity index (χ4n) is 3.65. The van der Waals surface area contributed by atoms with Gasteiger partial charge in [0.1, 0.15) is 0 Å². The van der Waals surface area contributed by atoms with Gasteiger partial charge in [0.15, 0.2) is 0 Å². The molecule has 134 valence electrons. The summed E-state index contributed by atoms with van der Waals surface area (Å²) in [5.74, 6) is 0. The molecule has 1 saturated heterocycles. The fourth-order valence-corrected chi connectivity index (χ4v) is 3.65. The lowest BCUT2D eigenvalue weighted by atomic mass is 10.1. The van der Waals surface area contributed by atoms with Crippen molar-refractivity contribution in [1.82, 2.24) is 9.88 Å². The summed E-state index contributed by atoms with van der Waals surface area (Å²) in [5.41, 5.74) is 5.93. The Kier molecular flexibility index (Phi) is 4.87. The quantitative estimate of drug-likeness (QED) is 0.738. The van der Waals surface area contributed by atoms with Crippen LogP contribution < -0.4 is 5.32 Å². The number of aliphatic hydroxyl groups is 1. The van der Waals surface area contributed by atoms with Crippen LogP contribution in [0, 0.1) is 6.92 Å². The lowest BCUT2D eigenvalue weighted by molar-refractivity contribution is 0.175. The highest BCUT2D eigenvalue weighted by molar-refractivity contribution is 5.92. The van der Waals surface area contributed by atoms with Gasteiger partial charge in [-0.25, -0.2) is 0 Å². The SMILES string of the molecule is Cc1cccc2c(NCc3ccc(CN4CCC(O)C4)cc3)ccnc12. The first kappa shape index (κ1) is 17.0. The number of anilines is 1. The van der Waals surface area contributed by atoms with Crippen molar-refractivity contribution in [2.75, 3.05) is 18.4 Å². The molecule has 2 heterocycles. The molecule has 1 aromatic heterocycles. The monoisotopic (exact) mass is 347 g/mol. The molecule has 0 bridgehead atoms. The molecule has 1 aliphatic rings. The summed E-state index contributed by atoms with van der Waals surface area (Å²) in [7, 11) is 0. The van der Waals surface area contributed by atoms with E-state index in [2.05, 4.69) is 64.6 Å². The van der Waals surface area contributed by atoms with Crippen LogP contribution in [0.1, 0.15) is 23.1 Å². The number of aromatic nitrogens is 1. The van der Waals surface area contributed by atoms with Gasteiger partial charge in [-0.2, -0.15) is 0 Å². The highest BCUT2D eigenvalue weighted by Gasteiger charge is 2.19. The van der Waals surface area contributed by atoms with Gasteiger partial charge < -0.3 is 10.4 Å². The van der Waals surface area contributed by atoms with Crippen LogP contribution in [0.5, 0.6) is 0 Å². The lowest BCUT2D eigenvalue weighted by Crippen LogP contribution is -2.21. The maximum atomic E-state index is 9.64. The van der Waals surface area contributed by atoms with Gasteiger partial charge in [0.25, 0.3) is 0 Å². The second-order valence-corrected chi connectivity index (χ2v) is 7.18. The predicted molar refractivity (Wildman–Crippen MR) is 106 cm³/mol. The molecule has 0 spiro atoms. The lowest BCUT2D eigenvalue weighted by Gasteiger charge is -2.15.